The fraction of sp³-hybridized carbons (Fsp3) is 0.200. The van der Waals surface area contributed by atoms with E-state index in [2.05, 4.69) is 26.2 Å². The Labute approximate surface area is 243 Å². The molecule has 1 unspecified atom stereocenters. The molecular formula is C30H25BrFN5O4. The number of nitrogens with zero attached hydrogens (tertiary/aromatic N) is 4. The Morgan fingerprint density at radius 1 is 1.07 bits per heavy atom. The third-order valence-corrected chi connectivity index (χ3v) is 7.76. The van der Waals surface area contributed by atoms with Crippen LogP contribution < -0.4 is 5.32 Å². The van der Waals surface area contributed by atoms with Crippen molar-refractivity contribution >= 4 is 44.5 Å². The lowest BCUT2D eigenvalue weighted by Crippen LogP contribution is -2.48. The van der Waals surface area contributed by atoms with Gasteiger partial charge in [0.05, 0.1) is 36.2 Å². The first-order valence-corrected chi connectivity index (χ1v) is 13.8. The van der Waals surface area contributed by atoms with Crippen molar-refractivity contribution in [1.29, 1.82) is 0 Å². The van der Waals surface area contributed by atoms with Gasteiger partial charge in [0.2, 0.25) is 5.89 Å². The summed E-state index contributed by atoms with van der Waals surface area (Å²) in [5, 5.41) is 7.40. The van der Waals surface area contributed by atoms with Gasteiger partial charge >= 0.3 is 11.8 Å². The highest BCUT2D eigenvalue weighted by molar-refractivity contribution is 9.10. The quantitative estimate of drug-likeness (QED) is 0.258. The molecule has 0 radical (unpaired) electrons. The molecular weight excluding hydrogens is 593 g/mol. The van der Waals surface area contributed by atoms with E-state index in [-0.39, 0.29) is 19.0 Å². The summed E-state index contributed by atoms with van der Waals surface area (Å²) in [7, 11) is 0. The molecule has 3 aromatic carbocycles. The number of fused-ring (bicyclic) bond motifs is 1. The van der Waals surface area contributed by atoms with Crippen molar-refractivity contribution in [2.24, 2.45) is 0 Å². The minimum atomic E-state index is -0.779. The van der Waals surface area contributed by atoms with Crippen LogP contribution in [0, 0.1) is 19.7 Å². The molecule has 1 atom stereocenters. The van der Waals surface area contributed by atoms with E-state index in [0.29, 0.717) is 33.4 Å². The molecule has 1 aliphatic heterocycles. The van der Waals surface area contributed by atoms with Gasteiger partial charge in [0.1, 0.15) is 11.3 Å². The van der Waals surface area contributed by atoms with Crippen molar-refractivity contribution in [3.05, 3.63) is 94.0 Å². The Bertz CT molecular complexity index is 1780. The van der Waals surface area contributed by atoms with Gasteiger partial charge in [-0.1, -0.05) is 18.2 Å². The molecule has 1 N–H and O–H groups in total. The smallest absolute Gasteiger partial charge is 0.313 e. The van der Waals surface area contributed by atoms with Crippen molar-refractivity contribution in [2.75, 3.05) is 25.1 Å². The number of oxazole rings is 1. The second kappa shape index (κ2) is 10.9. The first-order chi connectivity index (χ1) is 19.8. The van der Waals surface area contributed by atoms with E-state index >= 15 is 0 Å². The average molecular weight is 618 g/mol. The molecule has 208 valence electrons. The number of anilines is 1. The molecule has 2 amide bonds. The Morgan fingerprint density at radius 3 is 2.68 bits per heavy atom. The molecule has 11 heteroatoms. The molecule has 0 spiro atoms. The number of nitrogens with one attached hydrogen (secondary N) is 1. The van der Waals surface area contributed by atoms with Crippen molar-refractivity contribution < 1.29 is 23.1 Å². The van der Waals surface area contributed by atoms with E-state index in [1.165, 1.54) is 12.1 Å². The number of rotatable bonds is 4. The normalized spacial score (nSPS) is 15.3. The molecule has 1 saturated heterocycles. The van der Waals surface area contributed by atoms with Crippen LogP contribution in [0.1, 0.15) is 23.0 Å². The predicted molar refractivity (Wildman–Crippen MR) is 154 cm³/mol. The maximum atomic E-state index is 13.8. The monoisotopic (exact) mass is 617 g/mol. The van der Waals surface area contributed by atoms with Crippen LogP contribution in [0.5, 0.6) is 0 Å². The Kier molecular flexibility index (Phi) is 7.14. The summed E-state index contributed by atoms with van der Waals surface area (Å²) < 4.78 is 27.8. The van der Waals surface area contributed by atoms with Gasteiger partial charge in [-0.15, -0.1) is 0 Å². The Balaban J connectivity index is 1.24. The highest BCUT2D eigenvalue weighted by Gasteiger charge is 2.35. The third-order valence-electron chi connectivity index (χ3n) is 7.07. The van der Waals surface area contributed by atoms with Crippen molar-refractivity contribution in [2.45, 2.75) is 19.9 Å². The van der Waals surface area contributed by atoms with Crippen LogP contribution in [0.15, 0.2) is 75.6 Å². The maximum Gasteiger partial charge on any atom is 0.313 e. The number of ether oxygens (including phenoxy) is 1. The number of morpholine rings is 1. The molecule has 0 saturated carbocycles. The summed E-state index contributed by atoms with van der Waals surface area (Å²) in [6.07, 6.45) is 0. The van der Waals surface area contributed by atoms with E-state index in [9.17, 15) is 14.0 Å². The summed E-state index contributed by atoms with van der Waals surface area (Å²) in [5.41, 5.74) is 5.14. The zero-order valence-corrected chi connectivity index (χ0v) is 23.8. The SMILES string of the molecule is Cc1nn(-c2ccccc2)c(C)c1C1COCCN1C(=O)C(=O)Nc1ccc2oc(-c3cc(F)ccc3Br)nc2c1. The van der Waals surface area contributed by atoms with Gasteiger partial charge in [-0.2, -0.15) is 5.10 Å². The minimum absolute atomic E-state index is 0.226. The lowest BCUT2D eigenvalue weighted by Gasteiger charge is -2.35. The fourth-order valence-electron chi connectivity index (χ4n) is 5.14. The van der Waals surface area contributed by atoms with Crippen LogP contribution in [-0.2, 0) is 14.3 Å². The van der Waals surface area contributed by atoms with Gasteiger partial charge < -0.3 is 19.4 Å². The molecule has 3 heterocycles. The van der Waals surface area contributed by atoms with Gasteiger partial charge in [0, 0.05) is 28.0 Å². The standard InChI is InChI=1S/C30H25BrFN5O4/c1-17-27(18(2)37(35-17)21-6-4-3-5-7-21)25-16-40-13-12-36(25)30(39)28(38)33-20-9-11-26-24(15-20)34-29(41-26)22-14-19(32)8-10-23(22)31/h3-11,14-15,25H,12-13,16H2,1-2H3,(H,33,38). The highest BCUT2D eigenvalue weighted by Crippen LogP contribution is 2.33. The Hall–Kier alpha value is -4.35. The van der Waals surface area contributed by atoms with E-state index in [4.69, 9.17) is 14.3 Å². The number of carbonyl (C=O) groups is 2. The second-order valence-corrected chi connectivity index (χ2v) is 10.6. The summed E-state index contributed by atoms with van der Waals surface area (Å²) in [5.74, 6) is -1.65. The van der Waals surface area contributed by atoms with E-state index in [0.717, 1.165) is 22.6 Å². The molecule has 9 nitrogen and oxygen atoms in total. The molecule has 6 rings (SSSR count). The summed E-state index contributed by atoms with van der Waals surface area (Å²) in [4.78, 5) is 32.6. The molecule has 1 fully saturated rings. The first kappa shape index (κ1) is 26.9. The average Bonchev–Trinajstić information content (AvgIpc) is 3.53. The number of aryl methyl sites for hydroxylation is 1. The largest absolute Gasteiger partial charge is 0.436 e. The predicted octanol–water partition coefficient (Wildman–Crippen LogP) is 5.74. The van der Waals surface area contributed by atoms with Crippen LogP contribution in [0.25, 0.3) is 28.2 Å². The molecule has 0 bridgehead atoms. The number of halogens is 2. The van der Waals surface area contributed by atoms with Crippen LogP contribution in [0.3, 0.4) is 0 Å². The molecule has 0 aliphatic carbocycles. The third kappa shape index (κ3) is 5.14. The van der Waals surface area contributed by atoms with Gasteiger partial charge in [0.15, 0.2) is 5.58 Å². The topological polar surface area (TPSA) is 102 Å². The van der Waals surface area contributed by atoms with Crippen LogP contribution >= 0.6 is 15.9 Å². The van der Waals surface area contributed by atoms with Crippen molar-refractivity contribution in [3.63, 3.8) is 0 Å². The van der Waals surface area contributed by atoms with Crippen LogP contribution in [-0.4, -0.2) is 51.2 Å². The lowest BCUT2D eigenvalue weighted by atomic mass is 10.0. The number of amides is 2. The molecule has 5 aromatic rings. The highest BCUT2D eigenvalue weighted by atomic mass is 79.9. The second-order valence-electron chi connectivity index (χ2n) is 9.70. The van der Waals surface area contributed by atoms with Gasteiger partial charge in [0.25, 0.3) is 0 Å². The lowest BCUT2D eigenvalue weighted by molar-refractivity contribution is -0.149. The zero-order chi connectivity index (χ0) is 28.7. The number of benzene rings is 3. The first-order valence-electron chi connectivity index (χ1n) is 13.0. The number of hydrogen-bond donors (Lipinski definition) is 1. The van der Waals surface area contributed by atoms with E-state index < -0.39 is 23.7 Å². The number of aromatic nitrogens is 3. The molecule has 2 aromatic heterocycles. The number of para-hydroxylation sites is 1. The van der Waals surface area contributed by atoms with Crippen molar-refractivity contribution in [1.82, 2.24) is 19.7 Å². The number of hydrogen-bond acceptors (Lipinski definition) is 6. The summed E-state index contributed by atoms with van der Waals surface area (Å²) in [6.45, 7) is 4.68. The van der Waals surface area contributed by atoms with Gasteiger partial charge in [-0.05, 0) is 78.3 Å². The number of carbonyl (C=O) groups excluding carboxylic acids is 2. The molecule has 41 heavy (non-hydrogen) atoms. The van der Waals surface area contributed by atoms with Crippen LogP contribution in [0.2, 0.25) is 0 Å². The van der Waals surface area contributed by atoms with E-state index in [1.807, 2.05) is 48.9 Å². The van der Waals surface area contributed by atoms with Crippen molar-refractivity contribution in [3.8, 4) is 17.1 Å². The fourth-order valence-corrected chi connectivity index (χ4v) is 5.56. The van der Waals surface area contributed by atoms with E-state index in [1.54, 1.807) is 29.2 Å². The zero-order valence-electron chi connectivity index (χ0n) is 22.2. The summed E-state index contributed by atoms with van der Waals surface area (Å²) in [6, 6.07) is 18.4. The minimum Gasteiger partial charge on any atom is -0.436 e. The summed E-state index contributed by atoms with van der Waals surface area (Å²) >= 11 is 3.39. The molecule has 1 aliphatic rings. The van der Waals surface area contributed by atoms with Gasteiger partial charge in [-0.3, -0.25) is 9.59 Å². The van der Waals surface area contributed by atoms with Crippen LogP contribution in [0.4, 0.5) is 10.1 Å². The van der Waals surface area contributed by atoms with Gasteiger partial charge in [-0.25, -0.2) is 14.1 Å². The Morgan fingerprint density at radius 2 is 1.88 bits per heavy atom. The maximum absolute atomic E-state index is 13.8.